The van der Waals surface area contributed by atoms with Gasteiger partial charge < -0.3 is 8.98 Å². The number of hydrogen-bond acceptors (Lipinski definition) is 3. The van der Waals surface area contributed by atoms with E-state index >= 15 is 0 Å². The van der Waals surface area contributed by atoms with Crippen molar-refractivity contribution in [2.45, 2.75) is 0 Å². The largest absolute Gasteiger partial charge is 0.422 e. The normalized spacial score (nSPS) is 12.3. The van der Waals surface area contributed by atoms with Crippen molar-refractivity contribution in [3.63, 3.8) is 0 Å². The van der Waals surface area contributed by atoms with Crippen molar-refractivity contribution in [2.24, 2.45) is 0 Å². The molecule has 0 spiro atoms. The van der Waals surface area contributed by atoms with E-state index in [-0.39, 0.29) is 0 Å². The van der Waals surface area contributed by atoms with Crippen LogP contribution in [0.15, 0.2) is 144 Å². The highest BCUT2D eigenvalue weighted by Crippen LogP contribution is 2.41. The first-order valence-corrected chi connectivity index (χ1v) is 16.3. The van der Waals surface area contributed by atoms with Crippen LogP contribution < -0.4 is 0 Å². The maximum absolute atomic E-state index is 6.72. The minimum atomic E-state index is 0.583. The SMILES string of the molecule is c1ccc2cc3c(cc2c1)c1ccccc1n3-c1ccc2c(c1)c1ccccc1n2-c1nc2ccc3sc4ccccc4c3c2o1. The van der Waals surface area contributed by atoms with Gasteiger partial charge in [-0.1, -0.05) is 78.9 Å². The van der Waals surface area contributed by atoms with Crippen molar-refractivity contribution < 1.29 is 4.42 Å². The summed E-state index contributed by atoms with van der Waals surface area (Å²) in [4.78, 5) is 5.07. The van der Waals surface area contributed by atoms with Crippen LogP contribution in [0.4, 0.5) is 0 Å². The van der Waals surface area contributed by atoms with Gasteiger partial charge in [-0.05, 0) is 71.4 Å². The van der Waals surface area contributed by atoms with Crippen molar-refractivity contribution in [1.82, 2.24) is 14.1 Å². The second kappa shape index (κ2) is 8.84. The molecule has 0 N–H and O–H groups in total. The molecular weight excluding hydrogens is 583 g/mol. The Labute approximate surface area is 265 Å². The van der Waals surface area contributed by atoms with Crippen LogP contribution in [0.1, 0.15) is 0 Å². The average Bonchev–Trinajstić information content (AvgIpc) is 3.85. The molecule has 0 aliphatic carbocycles. The average molecular weight is 606 g/mol. The molecule has 0 aliphatic rings. The molecule has 0 saturated carbocycles. The van der Waals surface area contributed by atoms with Crippen molar-refractivity contribution in [2.75, 3.05) is 0 Å². The molecule has 214 valence electrons. The minimum Gasteiger partial charge on any atom is -0.422 e. The smallest absolute Gasteiger partial charge is 0.307 e. The second-order valence-corrected chi connectivity index (χ2v) is 13.1. The molecule has 11 aromatic rings. The molecule has 0 unspecified atom stereocenters. The van der Waals surface area contributed by atoms with E-state index in [1.165, 1.54) is 52.8 Å². The van der Waals surface area contributed by atoms with E-state index in [9.17, 15) is 0 Å². The fraction of sp³-hybridized carbons (Fsp3) is 0. The predicted molar refractivity (Wildman–Crippen MR) is 193 cm³/mol. The van der Waals surface area contributed by atoms with Gasteiger partial charge in [0.05, 0.1) is 22.1 Å². The van der Waals surface area contributed by atoms with Gasteiger partial charge in [0.15, 0.2) is 5.58 Å². The molecule has 0 saturated heterocycles. The molecule has 5 heteroatoms. The highest BCUT2D eigenvalue weighted by molar-refractivity contribution is 7.26. The Kier molecular flexibility index (Phi) is 4.69. The lowest BCUT2D eigenvalue weighted by Crippen LogP contribution is -1.96. The fourth-order valence-electron chi connectivity index (χ4n) is 7.52. The predicted octanol–water partition coefficient (Wildman–Crippen LogP) is 11.5. The Hall–Kier alpha value is -5.91. The second-order valence-electron chi connectivity index (χ2n) is 12.0. The van der Waals surface area contributed by atoms with E-state index in [0.29, 0.717) is 6.01 Å². The fourth-order valence-corrected chi connectivity index (χ4v) is 8.62. The molecule has 0 fully saturated rings. The van der Waals surface area contributed by atoms with Crippen LogP contribution in [-0.4, -0.2) is 14.1 Å². The molecular formula is C41H23N3OS. The summed E-state index contributed by atoms with van der Waals surface area (Å²) < 4.78 is 13.8. The molecule has 0 bridgehead atoms. The van der Waals surface area contributed by atoms with Gasteiger partial charge in [-0.2, -0.15) is 4.98 Å². The molecule has 7 aromatic carbocycles. The minimum absolute atomic E-state index is 0.583. The van der Waals surface area contributed by atoms with Gasteiger partial charge in [0, 0.05) is 47.4 Å². The molecule has 0 amide bonds. The first kappa shape index (κ1) is 24.4. The monoisotopic (exact) mass is 605 g/mol. The van der Waals surface area contributed by atoms with Crippen molar-refractivity contribution in [3.05, 3.63) is 140 Å². The number of thiophene rings is 1. The van der Waals surface area contributed by atoms with Crippen LogP contribution in [0, 0.1) is 0 Å². The van der Waals surface area contributed by atoms with Gasteiger partial charge in [-0.25, -0.2) is 0 Å². The molecule has 0 aliphatic heterocycles. The number of oxazole rings is 1. The first-order chi connectivity index (χ1) is 22.8. The van der Waals surface area contributed by atoms with Crippen molar-refractivity contribution >= 4 is 97.0 Å². The van der Waals surface area contributed by atoms with E-state index in [1.54, 1.807) is 11.3 Å². The Balaban J connectivity index is 1.19. The molecule has 46 heavy (non-hydrogen) atoms. The Morgan fingerprint density at radius 3 is 1.96 bits per heavy atom. The molecule has 4 heterocycles. The van der Waals surface area contributed by atoms with Crippen LogP contribution in [0.2, 0.25) is 0 Å². The topological polar surface area (TPSA) is 35.9 Å². The summed E-state index contributed by atoms with van der Waals surface area (Å²) in [5.41, 5.74) is 7.36. The maximum atomic E-state index is 6.72. The van der Waals surface area contributed by atoms with Crippen LogP contribution in [0.3, 0.4) is 0 Å². The van der Waals surface area contributed by atoms with Gasteiger partial charge in [0.1, 0.15) is 5.52 Å². The zero-order chi connectivity index (χ0) is 29.9. The summed E-state index contributed by atoms with van der Waals surface area (Å²) in [6, 6.07) is 50.7. The molecule has 0 atom stereocenters. The number of nitrogens with zero attached hydrogens (tertiary/aromatic N) is 3. The van der Waals surface area contributed by atoms with E-state index < -0.39 is 0 Å². The molecule has 4 nitrogen and oxygen atoms in total. The van der Waals surface area contributed by atoms with Gasteiger partial charge in [-0.15, -0.1) is 11.3 Å². The number of hydrogen-bond donors (Lipinski definition) is 0. The highest BCUT2D eigenvalue weighted by atomic mass is 32.1. The van der Waals surface area contributed by atoms with E-state index in [0.717, 1.165) is 38.6 Å². The van der Waals surface area contributed by atoms with Gasteiger partial charge in [0.2, 0.25) is 0 Å². The van der Waals surface area contributed by atoms with Crippen LogP contribution in [0.25, 0.3) is 97.4 Å². The van der Waals surface area contributed by atoms with Crippen LogP contribution >= 0.6 is 11.3 Å². The number of aromatic nitrogens is 3. The van der Waals surface area contributed by atoms with Gasteiger partial charge in [0.25, 0.3) is 0 Å². The number of rotatable bonds is 2. The molecule has 0 radical (unpaired) electrons. The summed E-state index contributed by atoms with van der Waals surface area (Å²) >= 11 is 1.79. The Morgan fingerprint density at radius 1 is 0.478 bits per heavy atom. The lowest BCUT2D eigenvalue weighted by molar-refractivity contribution is 0.577. The summed E-state index contributed by atoms with van der Waals surface area (Å²) in [6.45, 7) is 0. The van der Waals surface area contributed by atoms with Crippen molar-refractivity contribution in [3.8, 4) is 11.7 Å². The van der Waals surface area contributed by atoms with E-state index in [1.807, 2.05) is 0 Å². The van der Waals surface area contributed by atoms with E-state index in [2.05, 4.69) is 149 Å². The zero-order valence-corrected chi connectivity index (χ0v) is 25.3. The summed E-state index contributed by atoms with van der Waals surface area (Å²) in [5.74, 6) is 0. The highest BCUT2D eigenvalue weighted by Gasteiger charge is 2.21. The first-order valence-electron chi connectivity index (χ1n) is 15.5. The van der Waals surface area contributed by atoms with E-state index in [4.69, 9.17) is 9.40 Å². The van der Waals surface area contributed by atoms with Crippen LogP contribution in [-0.2, 0) is 0 Å². The molecule has 4 aromatic heterocycles. The van der Waals surface area contributed by atoms with Crippen molar-refractivity contribution in [1.29, 1.82) is 0 Å². The lowest BCUT2D eigenvalue weighted by Gasteiger charge is -2.09. The Morgan fingerprint density at radius 2 is 1.13 bits per heavy atom. The third kappa shape index (κ3) is 3.19. The Bertz CT molecular complexity index is 3040. The summed E-state index contributed by atoms with van der Waals surface area (Å²) in [7, 11) is 0. The van der Waals surface area contributed by atoms with Gasteiger partial charge >= 0.3 is 6.01 Å². The quantitative estimate of drug-likeness (QED) is 0.196. The van der Waals surface area contributed by atoms with Gasteiger partial charge in [-0.3, -0.25) is 4.57 Å². The standard InChI is InChI=1S/C41H23N3OS/c1-2-10-25-22-36-30(21-24(25)9-1)27-11-3-6-14-33(27)43(36)26-17-19-35-31(23-26)28-12-4-7-15-34(28)44(35)41-42-32-18-20-38-39(40(32)45-41)29-13-5-8-16-37(29)46-38/h1-23H. The zero-order valence-electron chi connectivity index (χ0n) is 24.4. The summed E-state index contributed by atoms with van der Waals surface area (Å²) in [5, 5.41) is 9.68. The number of para-hydroxylation sites is 2. The summed E-state index contributed by atoms with van der Waals surface area (Å²) in [6.07, 6.45) is 0. The van der Waals surface area contributed by atoms with Crippen LogP contribution in [0.5, 0.6) is 0 Å². The third-order valence-corrected chi connectivity index (χ3v) is 10.7. The number of benzene rings is 7. The lowest BCUT2D eigenvalue weighted by atomic mass is 10.1. The maximum Gasteiger partial charge on any atom is 0.307 e. The number of fused-ring (bicyclic) bond motifs is 12. The third-order valence-electron chi connectivity index (χ3n) is 9.53. The molecule has 11 rings (SSSR count).